The molecular formula is C24H19F3N8O. The highest BCUT2D eigenvalue weighted by molar-refractivity contribution is 5.82. The molecule has 3 aromatic heterocycles. The van der Waals surface area contributed by atoms with E-state index in [1.165, 1.54) is 21.2 Å². The standard InChI is InChI=1S/C24H19F3N8O/c25-24(26,27)15-8-4-9-16-18(15)22(36)35(14-6-2-1-3-7-14)19(30-16)17-10-5-12-33(17)21-20-29-11-13-34(20)32-23(28)31-21/h1-4,6-9,11,13,17H,5,10,12H2,(H2,28,32)/t17-/m0/s1. The van der Waals surface area contributed by atoms with E-state index in [1.807, 2.05) is 4.90 Å². The van der Waals surface area contributed by atoms with Gasteiger partial charge in [-0.25, -0.2) is 14.5 Å². The summed E-state index contributed by atoms with van der Waals surface area (Å²) in [7, 11) is 0. The summed E-state index contributed by atoms with van der Waals surface area (Å²) in [6.07, 6.45) is -0.145. The summed E-state index contributed by atoms with van der Waals surface area (Å²) in [4.78, 5) is 29.1. The van der Waals surface area contributed by atoms with Crippen molar-refractivity contribution >= 4 is 28.3 Å². The van der Waals surface area contributed by atoms with Crippen LogP contribution in [0.4, 0.5) is 24.9 Å². The monoisotopic (exact) mass is 492 g/mol. The van der Waals surface area contributed by atoms with Gasteiger partial charge in [-0.2, -0.15) is 18.2 Å². The van der Waals surface area contributed by atoms with Crippen molar-refractivity contribution in [3.63, 3.8) is 0 Å². The van der Waals surface area contributed by atoms with E-state index in [0.29, 0.717) is 35.9 Å². The molecule has 1 saturated heterocycles. The molecule has 1 aliphatic rings. The quantitative estimate of drug-likeness (QED) is 0.409. The Morgan fingerprint density at radius 2 is 1.83 bits per heavy atom. The van der Waals surface area contributed by atoms with Crippen LogP contribution in [0.2, 0.25) is 0 Å². The summed E-state index contributed by atoms with van der Waals surface area (Å²) in [5.41, 5.74) is 5.02. The second-order valence-corrected chi connectivity index (χ2v) is 8.48. The van der Waals surface area contributed by atoms with Gasteiger partial charge in [-0.05, 0) is 37.1 Å². The summed E-state index contributed by atoms with van der Waals surface area (Å²) >= 11 is 0. The van der Waals surface area contributed by atoms with Crippen LogP contribution in [0.25, 0.3) is 22.2 Å². The number of rotatable bonds is 3. The zero-order valence-electron chi connectivity index (χ0n) is 18.7. The van der Waals surface area contributed by atoms with Crippen LogP contribution in [0, 0.1) is 0 Å². The van der Waals surface area contributed by atoms with Crippen molar-refractivity contribution in [2.75, 3.05) is 17.2 Å². The van der Waals surface area contributed by atoms with Crippen molar-refractivity contribution in [3.05, 3.63) is 82.7 Å². The molecule has 2 aromatic carbocycles. The molecule has 0 amide bonds. The number of hydrogen-bond acceptors (Lipinski definition) is 7. The summed E-state index contributed by atoms with van der Waals surface area (Å²) in [6, 6.07) is 11.7. The fourth-order valence-electron chi connectivity index (χ4n) is 4.84. The van der Waals surface area contributed by atoms with E-state index in [1.54, 1.807) is 42.7 Å². The van der Waals surface area contributed by atoms with Gasteiger partial charge in [-0.1, -0.05) is 24.3 Å². The Morgan fingerprint density at radius 3 is 2.61 bits per heavy atom. The minimum Gasteiger partial charge on any atom is -0.366 e. The molecule has 0 unspecified atom stereocenters. The molecule has 1 atom stereocenters. The van der Waals surface area contributed by atoms with Crippen LogP contribution in [-0.4, -0.2) is 35.7 Å². The first-order valence-electron chi connectivity index (χ1n) is 11.2. The van der Waals surface area contributed by atoms with E-state index in [0.717, 1.165) is 12.5 Å². The number of nitrogens with two attached hydrogens (primary N) is 1. The first-order chi connectivity index (χ1) is 17.3. The number of para-hydroxylation sites is 1. The number of fused-ring (bicyclic) bond motifs is 2. The van der Waals surface area contributed by atoms with Crippen LogP contribution in [0.5, 0.6) is 0 Å². The molecule has 1 fully saturated rings. The Balaban J connectivity index is 1.63. The second-order valence-electron chi connectivity index (χ2n) is 8.48. The van der Waals surface area contributed by atoms with Gasteiger partial charge >= 0.3 is 6.18 Å². The lowest BCUT2D eigenvalue weighted by atomic mass is 10.1. The van der Waals surface area contributed by atoms with Crippen LogP contribution in [-0.2, 0) is 6.18 Å². The highest BCUT2D eigenvalue weighted by Crippen LogP contribution is 2.38. The van der Waals surface area contributed by atoms with Crippen LogP contribution >= 0.6 is 0 Å². The predicted molar refractivity (Wildman–Crippen MR) is 127 cm³/mol. The van der Waals surface area contributed by atoms with Gasteiger partial charge in [-0.15, -0.1) is 5.10 Å². The van der Waals surface area contributed by atoms with Crippen molar-refractivity contribution in [2.24, 2.45) is 0 Å². The molecule has 36 heavy (non-hydrogen) atoms. The Hall–Kier alpha value is -4.48. The molecule has 4 heterocycles. The Morgan fingerprint density at radius 1 is 1.03 bits per heavy atom. The molecule has 0 saturated carbocycles. The number of hydrogen-bond donors (Lipinski definition) is 1. The van der Waals surface area contributed by atoms with E-state index in [2.05, 4.69) is 20.1 Å². The SMILES string of the molecule is Nc1nc(N2CCC[C@H]2c2nc3cccc(C(F)(F)F)c3c(=O)n2-c2ccccc2)c2nccn2n1. The number of imidazole rings is 1. The molecular weight excluding hydrogens is 473 g/mol. The molecule has 12 heteroatoms. The van der Waals surface area contributed by atoms with Crippen molar-refractivity contribution in [2.45, 2.75) is 25.1 Å². The molecule has 0 spiro atoms. The summed E-state index contributed by atoms with van der Waals surface area (Å²) < 4.78 is 44.3. The highest BCUT2D eigenvalue weighted by Gasteiger charge is 2.37. The van der Waals surface area contributed by atoms with Gasteiger partial charge < -0.3 is 10.6 Å². The number of anilines is 2. The van der Waals surface area contributed by atoms with Gasteiger partial charge in [0, 0.05) is 18.9 Å². The normalized spacial score (nSPS) is 16.3. The number of nitrogens with zero attached hydrogens (tertiary/aromatic N) is 7. The van der Waals surface area contributed by atoms with Crippen LogP contribution in [0.3, 0.4) is 0 Å². The Bertz CT molecular complexity index is 1660. The molecule has 0 radical (unpaired) electrons. The van der Waals surface area contributed by atoms with Crippen molar-refractivity contribution < 1.29 is 13.2 Å². The lowest BCUT2D eigenvalue weighted by molar-refractivity contribution is -0.136. The van der Waals surface area contributed by atoms with E-state index in [9.17, 15) is 18.0 Å². The molecule has 1 aliphatic heterocycles. The van der Waals surface area contributed by atoms with Crippen molar-refractivity contribution in [1.82, 2.24) is 29.1 Å². The smallest absolute Gasteiger partial charge is 0.366 e. The number of aromatic nitrogens is 6. The highest BCUT2D eigenvalue weighted by atomic mass is 19.4. The van der Waals surface area contributed by atoms with Gasteiger partial charge in [-0.3, -0.25) is 9.36 Å². The number of benzene rings is 2. The lowest BCUT2D eigenvalue weighted by Crippen LogP contribution is -2.33. The van der Waals surface area contributed by atoms with Crippen molar-refractivity contribution in [3.8, 4) is 5.69 Å². The zero-order valence-corrected chi connectivity index (χ0v) is 18.7. The molecule has 5 aromatic rings. The molecule has 2 N–H and O–H groups in total. The second kappa shape index (κ2) is 8.04. The molecule has 9 nitrogen and oxygen atoms in total. The maximum absolute atomic E-state index is 13.9. The third kappa shape index (κ3) is 3.44. The van der Waals surface area contributed by atoms with Gasteiger partial charge in [0.05, 0.1) is 28.2 Å². The number of nitrogen functional groups attached to an aromatic ring is 1. The Labute approximate surface area is 201 Å². The van der Waals surface area contributed by atoms with E-state index >= 15 is 0 Å². The third-order valence-electron chi connectivity index (χ3n) is 6.32. The fraction of sp³-hybridized carbons (Fsp3) is 0.208. The minimum absolute atomic E-state index is 0.0167. The van der Waals surface area contributed by atoms with Gasteiger partial charge in [0.2, 0.25) is 5.95 Å². The molecule has 6 rings (SSSR count). The summed E-state index contributed by atoms with van der Waals surface area (Å²) in [5.74, 6) is 0.827. The van der Waals surface area contributed by atoms with Gasteiger partial charge in [0.15, 0.2) is 11.5 Å². The minimum atomic E-state index is -4.71. The topological polar surface area (TPSA) is 107 Å². The average Bonchev–Trinajstić information content (AvgIpc) is 3.53. The summed E-state index contributed by atoms with van der Waals surface area (Å²) in [5, 5.41) is 3.67. The molecule has 182 valence electrons. The van der Waals surface area contributed by atoms with Crippen LogP contribution < -0.4 is 16.2 Å². The first kappa shape index (κ1) is 22.0. The Kier molecular flexibility index (Phi) is 4.92. The largest absolute Gasteiger partial charge is 0.417 e. The number of alkyl halides is 3. The van der Waals surface area contributed by atoms with Gasteiger partial charge in [0.1, 0.15) is 5.82 Å². The summed E-state index contributed by atoms with van der Waals surface area (Å²) in [6.45, 7) is 0.564. The van der Waals surface area contributed by atoms with E-state index in [4.69, 9.17) is 5.73 Å². The molecule has 0 bridgehead atoms. The maximum atomic E-state index is 13.9. The van der Waals surface area contributed by atoms with E-state index < -0.39 is 28.7 Å². The van der Waals surface area contributed by atoms with Gasteiger partial charge in [0.25, 0.3) is 5.56 Å². The molecule has 0 aliphatic carbocycles. The third-order valence-corrected chi connectivity index (χ3v) is 6.32. The predicted octanol–water partition coefficient (Wildman–Crippen LogP) is 3.77. The van der Waals surface area contributed by atoms with Crippen LogP contribution in [0.15, 0.2) is 65.7 Å². The fourth-order valence-corrected chi connectivity index (χ4v) is 4.84. The van der Waals surface area contributed by atoms with Crippen LogP contribution in [0.1, 0.15) is 30.3 Å². The average molecular weight is 492 g/mol. The van der Waals surface area contributed by atoms with E-state index in [-0.39, 0.29) is 11.5 Å². The zero-order chi connectivity index (χ0) is 25.0. The lowest BCUT2D eigenvalue weighted by Gasteiger charge is -2.28. The van der Waals surface area contributed by atoms with Crippen molar-refractivity contribution in [1.29, 1.82) is 0 Å². The number of halogens is 3. The maximum Gasteiger partial charge on any atom is 0.417 e. The first-order valence-corrected chi connectivity index (χ1v) is 11.2.